The number of hydrogen-bond acceptors (Lipinski definition) is 3. The number of amides is 1. The van der Waals surface area contributed by atoms with Gasteiger partial charge in [-0.25, -0.2) is 0 Å². The Morgan fingerprint density at radius 2 is 1.96 bits per heavy atom. The number of nitrogens with two attached hydrogens (primary N) is 1. The fraction of sp³-hybridized carbons (Fsp3) is 0.632. The van der Waals surface area contributed by atoms with Crippen LogP contribution in [0, 0.1) is 12.8 Å². The predicted octanol–water partition coefficient (Wildman–Crippen LogP) is 3.55. The van der Waals surface area contributed by atoms with Gasteiger partial charge in [0.05, 0.1) is 6.10 Å². The molecule has 1 aromatic carbocycles. The van der Waals surface area contributed by atoms with Gasteiger partial charge in [0.1, 0.15) is 5.75 Å². The molecule has 0 aliphatic carbocycles. The van der Waals surface area contributed by atoms with Gasteiger partial charge < -0.3 is 15.8 Å². The quantitative estimate of drug-likeness (QED) is 0.731. The third-order valence-corrected chi connectivity index (χ3v) is 3.66. The second-order valence-corrected chi connectivity index (χ2v) is 6.96. The van der Waals surface area contributed by atoms with Crippen molar-refractivity contribution in [2.45, 2.75) is 72.6 Å². The van der Waals surface area contributed by atoms with E-state index in [1.807, 2.05) is 32.0 Å². The van der Waals surface area contributed by atoms with Gasteiger partial charge in [0.25, 0.3) is 0 Å². The normalized spacial score (nSPS) is 13.7. The van der Waals surface area contributed by atoms with Gasteiger partial charge in [0, 0.05) is 24.6 Å². The average Bonchev–Trinajstić information content (AvgIpc) is 2.43. The molecular formula is C19H32N2O2. The number of aryl methyl sites for hydroxylation is 1. The monoisotopic (exact) mass is 320 g/mol. The molecule has 0 radical (unpaired) electrons. The molecule has 0 saturated carbocycles. The highest BCUT2D eigenvalue weighted by Crippen LogP contribution is 2.23. The molecule has 1 aromatic rings. The highest BCUT2D eigenvalue weighted by atomic mass is 16.5. The van der Waals surface area contributed by atoms with Crippen molar-refractivity contribution in [3.8, 4) is 5.75 Å². The summed E-state index contributed by atoms with van der Waals surface area (Å²) in [6, 6.07) is 6.17. The van der Waals surface area contributed by atoms with Gasteiger partial charge in [-0.3, -0.25) is 4.79 Å². The molecule has 1 rings (SSSR count). The summed E-state index contributed by atoms with van der Waals surface area (Å²) in [4.78, 5) is 11.9. The van der Waals surface area contributed by atoms with Gasteiger partial charge in [-0.1, -0.05) is 26.0 Å². The van der Waals surface area contributed by atoms with E-state index in [0.29, 0.717) is 25.3 Å². The predicted molar refractivity (Wildman–Crippen MR) is 95.5 cm³/mol. The average molecular weight is 320 g/mol. The molecular weight excluding hydrogens is 288 g/mol. The maximum absolute atomic E-state index is 11.9. The van der Waals surface area contributed by atoms with Gasteiger partial charge in [-0.05, 0) is 51.2 Å². The first-order chi connectivity index (χ1) is 10.8. The minimum Gasteiger partial charge on any atom is -0.490 e. The summed E-state index contributed by atoms with van der Waals surface area (Å²) in [7, 11) is 0. The number of carbonyl (C=O) groups is 1. The van der Waals surface area contributed by atoms with E-state index in [2.05, 4.69) is 26.1 Å². The maximum Gasteiger partial charge on any atom is 0.220 e. The van der Waals surface area contributed by atoms with Crippen LogP contribution < -0.4 is 15.8 Å². The van der Waals surface area contributed by atoms with E-state index in [1.165, 1.54) is 0 Å². The fourth-order valence-electron chi connectivity index (χ4n) is 2.49. The SMILES string of the molecule is Cc1ccc(CNC(=O)CCC(C)N)c(OC(C)CC(C)C)c1. The van der Waals surface area contributed by atoms with Crippen molar-refractivity contribution in [2.75, 3.05) is 0 Å². The first-order valence-electron chi connectivity index (χ1n) is 8.56. The van der Waals surface area contributed by atoms with E-state index < -0.39 is 0 Å². The number of nitrogens with one attached hydrogen (secondary N) is 1. The standard InChI is InChI=1S/C19H32N2O2/c1-13(2)10-16(5)23-18-11-14(3)6-8-17(18)12-21-19(22)9-7-15(4)20/h6,8,11,13,15-16H,7,9-10,12,20H2,1-5H3,(H,21,22). The molecule has 0 fully saturated rings. The first kappa shape index (κ1) is 19.5. The van der Waals surface area contributed by atoms with Crippen molar-refractivity contribution in [1.82, 2.24) is 5.32 Å². The Balaban J connectivity index is 2.65. The summed E-state index contributed by atoms with van der Waals surface area (Å²) < 4.78 is 6.10. The minimum atomic E-state index is 0.0315. The van der Waals surface area contributed by atoms with Gasteiger partial charge in [-0.15, -0.1) is 0 Å². The van der Waals surface area contributed by atoms with Crippen molar-refractivity contribution >= 4 is 5.91 Å². The molecule has 3 N–H and O–H groups in total. The molecule has 2 unspecified atom stereocenters. The van der Waals surface area contributed by atoms with E-state index in [0.717, 1.165) is 23.3 Å². The van der Waals surface area contributed by atoms with Crippen LogP contribution in [-0.4, -0.2) is 18.1 Å². The molecule has 4 nitrogen and oxygen atoms in total. The van der Waals surface area contributed by atoms with Crippen LogP contribution in [-0.2, 0) is 11.3 Å². The number of hydrogen-bond donors (Lipinski definition) is 2. The Bertz CT molecular complexity index is 498. The Hall–Kier alpha value is -1.55. The van der Waals surface area contributed by atoms with Crippen molar-refractivity contribution < 1.29 is 9.53 Å². The molecule has 0 aliphatic heterocycles. The lowest BCUT2D eigenvalue weighted by Crippen LogP contribution is -2.26. The summed E-state index contributed by atoms with van der Waals surface area (Å²) in [6.45, 7) is 10.9. The van der Waals surface area contributed by atoms with E-state index in [9.17, 15) is 4.79 Å². The molecule has 0 aliphatic rings. The Morgan fingerprint density at radius 1 is 1.26 bits per heavy atom. The third kappa shape index (κ3) is 8.03. The summed E-state index contributed by atoms with van der Waals surface area (Å²) >= 11 is 0. The van der Waals surface area contributed by atoms with Crippen molar-refractivity contribution in [3.05, 3.63) is 29.3 Å². The summed E-state index contributed by atoms with van der Waals surface area (Å²) in [5.41, 5.74) is 7.85. The first-order valence-corrected chi connectivity index (χ1v) is 8.56. The fourth-order valence-corrected chi connectivity index (χ4v) is 2.49. The van der Waals surface area contributed by atoms with Crippen LogP contribution in [0.5, 0.6) is 5.75 Å². The lowest BCUT2D eigenvalue weighted by atomic mass is 10.1. The van der Waals surface area contributed by atoms with Crippen LogP contribution in [0.3, 0.4) is 0 Å². The Labute approximate surface area is 140 Å². The molecule has 130 valence electrons. The molecule has 1 amide bonds. The molecule has 0 aromatic heterocycles. The van der Waals surface area contributed by atoms with E-state index in [-0.39, 0.29) is 18.1 Å². The van der Waals surface area contributed by atoms with Gasteiger partial charge in [-0.2, -0.15) is 0 Å². The topological polar surface area (TPSA) is 64.4 Å². The minimum absolute atomic E-state index is 0.0315. The molecule has 0 bridgehead atoms. The van der Waals surface area contributed by atoms with Crippen LogP contribution >= 0.6 is 0 Å². The lowest BCUT2D eigenvalue weighted by Gasteiger charge is -2.20. The zero-order chi connectivity index (χ0) is 17.4. The van der Waals surface area contributed by atoms with Crippen LogP contribution in [0.4, 0.5) is 0 Å². The Morgan fingerprint density at radius 3 is 2.57 bits per heavy atom. The van der Waals surface area contributed by atoms with E-state index in [1.54, 1.807) is 0 Å². The van der Waals surface area contributed by atoms with Crippen LogP contribution in [0.1, 0.15) is 58.1 Å². The van der Waals surface area contributed by atoms with Crippen LogP contribution in [0.2, 0.25) is 0 Å². The van der Waals surface area contributed by atoms with Crippen molar-refractivity contribution in [3.63, 3.8) is 0 Å². The second-order valence-electron chi connectivity index (χ2n) is 6.96. The summed E-state index contributed by atoms with van der Waals surface area (Å²) in [5, 5.41) is 2.95. The van der Waals surface area contributed by atoms with E-state index >= 15 is 0 Å². The number of carbonyl (C=O) groups excluding carboxylic acids is 1. The van der Waals surface area contributed by atoms with Crippen molar-refractivity contribution in [1.29, 1.82) is 0 Å². The highest BCUT2D eigenvalue weighted by molar-refractivity contribution is 5.75. The zero-order valence-electron chi connectivity index (χ0n) is 15.2. The molecule has 0 saturated heterocycles. The van der Waals surface area contributed by atoms with Crippen LogP contribution in [0.25, 0.3) is 0 Å². The molecule has 2 atom stereocenters. The number of ether oxygens (including phenoxy) is 1. The van der Waals surface area contributed by atoms with Gasteiger partial charge >= 0.3 is 0 Å². The molecule has 4 heteroatoms. The van der Waals surface area contributed by atoms with Crippen LogP contribution in [0.15, 0.2) is 18.2 Å². The third-order valence-electron chi connectivity index (χ3n) is 3.66. The van der Waals surface area contributed by atoms with Crippen molar-refractivity contribution in [2.24, 2.45) is 11.7 Å². The number of rotatable bonds is 9. The smallest absolute Gasteiger partial charge is 0.220 e. The molecule has 23 heavy (non-hydrogen) atoms. The molecule has 0 spiro atoms. The number of benzene rings is 1. The van der Waals surface area contributed by atoms with Gasteiger partial charge in [0.15, 0.2) is 0 Å². The maximum atomic E-state index is 11.9. The summed E-state index contributed by atoms with van der Waals surface area (Å²) in [5.74, 6) is 1.49. The Kier molecular flexibility index (Phi) is 8.10. The molecule has 0 heterocycles. The highest BCUT2D eigenvalue weighted by Gasteiger charge is 2.12. The zero-order valence-corrected chi connectivity index (χ0v) is 15.2. The lowest BCUT2D eigenvalue weighted by molar-refractivity contribution is -0.121. The largest absolute Gasteiger partial charge is 0.490 e. The summed E-state index contributed by atoms with van der Waals surface area (Å²) in [6.07, 6.45) is 2.33. The second kappa shape index (κ2) is 9.56. The van der Waals surface area contributed by atoms with E-state index in [4.69, 9.17) is 10.5 Å². The van der Waals surface area contributed by atoms with Gasteiger partial charge in [0.2, 0.25) is 5.91 Å².